The smallest absolute Gasteiger partial charge is 0.0619 e. The summed E-state index contributed by atoms with van der Waals surface area (Å²) in [4.78, 5) is 2.60. The van der Waals surface area contributed by atoms with Gasteiger partial charge in [0.15, 0.2) is 0 Å². The van der Waals surface area contributed by atoms with Gasteiger partial charge in [0.05, 0.1) is 17.1 Å². The van der Waals surface area contributed by atoms with Crippen LogP contribution in [0.1, 0.15) is 36.8 Å². The second-order valence-corrected chi connectivity index (χ2v) is 17.8. The minimum absolute atomic E-state index is 0.0552. The third-order valence-corrected chi connectivity index (χ3v) is 14.6. The summed E-state index contributed by atoms with van der Waals surface area (Å²) in [6.07, 6.45) is 4.93. The van der Waals surface area contributed by atoms with Crippen LogP contribution in [0.15, 0.2) is 224 Å². The summed E-state index contributed by atoms with van der Waals surface area (Å²) in [5, 5.41) is 10.1. The van der Waals surface area contributed by atoms with Gasteiger partial charge in [0.25, 0.3) is 0 Å². The van der Waals surface area contributed by atoms with Crippen molar-refractivity contribution in [3.05, 3.63) is 236 Å². The Morgan fingerprint density at radius 3 is 1.16 bits per heavy atom. The second-order valence-electron chi connectivity index (χ2n) is 17.8. The summed E-state index contributed by atoms with van der Waals surface area (Å²) in [6, 6.07) is 83.9. The molecule has 0 radical (unpaired) electrons. The van der Waals surface area contributed by atoms with E-state index < -0.39 is 0 Å². The highest BCUT2D eigenvalue weighted by atomic mass is 15.2. The van der Waals surface area contributed by atoms with Gasteiger partial charge in [0, 0.05) is 16.2 Å². The molecule has 1 heterocycles. The maximum atomic E-state index is 2.60. The van der Waals surface area contributed by atoms with Crippen LogP contribution in [0.5, 0.6) is 0 Å². The lowest BCUT2D eigenvalue weighted by Gasteiger charge is -2.44. The molecule has 1 nitrogen and oxygen atoms in total. The van der Waals surface area contributed by atoms with Gasteiger partial charge in [-0.15, -0.1) is 0 Å². The standard InChI is InChI=1S/C63H45N/c1-3-19-42(20-4-1)46-37-38-51-54(41-46)61(43-21-5-2-6-22-43)48-24-8-7-23-47(48)59(51)44-33-35-45(36-34-44)60-49-25-9-11-27-52(49)62(53-28-12-10-26-50(53)60)64-57-31-15-13-29-55(57)63(39-17-18-40-63)56-30-14-16-32-58(56)64/h1-16,19-38,41H,17-18,39-40H2. The van der Waals surface area contributed by atoms with Crippen LogP contribution in [0.4, 0.5) is 17.1 Å². The van der Waals surface area contributed by atoms with Crippen molar-refractivity contribution in [2.75, 3.05) is 4.90 Å². The second kappa shape index (κ2) is 14.7. The molecule has 1 heteroatoms. The highest BCUT2D eigenvalue weighted by molar-refractivity contribution is 6.24. The molecule has 0 saturated heterocycles. The summed E-state index contributed by atoms with van der Waals surface area (Å²) in [5.74, 6) is 0. The van der Waals surface area contributed by atoms with E-state index in [4.69, 9.17) is 0 Å². The Bertz CT molecular complexity index is 3490. The van der Waals surface area contributed by atoms with Gasteiger partial charge in [0.2, 0.25) is 0 Å². The lowest BCUT2D eigenvalue weighted by Crippen LogP contribution is -2.33. The summed E-state index contributed by atoms with van der Waals surface area (Å²) in [7, 11) is 0. The first kappa shape index (κ1) is 36.9. The zero-order chi connectivity index (χ0) is 42.2. The van der Waals surface area contributed by atoms with Crippen molar-refractivity contribution in [2.45, 2.75) is 31.1 Å². The van der Waals surface area contributed by atoms with Crippen molar-refractivity contribution >= 4 is 60.2 Å². The van der Waals surface area contributed by atoms with Crippen LogP contribution in [0.25, 0.3) is 87.6 Å². The van der Waals surface area contributed by atoms with E-state index >= 15 is 0 Å². The molecule has 0 N–H and O–H groups in total. The van der Waals surface area contributed by atoms with E-state index in [-0.39, 0.29) is 5.41 Å². The van der Waals surface area contributed by atoms with Crippen molar-refractivity contribution in [3.63, 3.8) is 0 Å². The Labute approximate surface area is 374 Å². The Morgan fingerprint density at radius 1 is 0.281 bits per heavy atom. The van der Waals surface area contributed by atoms with E-state index in [0.717, 1.165) is 0 Å². The Morgan fingerprint density at radius 2 is 0.641 bits per heavy atom. The molecule has 1 fully saturated rings. The molecular weight excluding hydrogens is 771 g/mol. The summed E-state index contributed by atoms with van der Waals surface area (Å²) in [6.45, 7) is 0. The summed E-state index contributed by atoms with van der Waals surface area (Å²) >= 11 is 0. The first-order valence-electron chi connectivity index (χ1n) is 22.9. The zero-order valence-electron chi connectivity index (χ0n) is 35.6. The number of rotatable bonds is 5. The summed E-state index contributed by atoms with van der Waals surface area (Å²) in [5.41, 5.74) is 16.8. The molecule has 11 aromatic rings. The van der Waals surface area contributed by atoms with Crippen molar-refractivity contribution in [3.8, 4) is 44.5 Å². The molecule has 64 heavy (non-hydrogen) atoms. The number of hydrogen-bond acceptors (Lipinski definition) is 1. The van der Waals surface area contributed by atoms with Crippen molar-refractivity contribution in [2.24, 2.45) is 0 Å². The van der Waals surface area contributed by atoms with Gasteiger partial charge in [-0.2, -0.15) is 0 Å². The fourth-order valence-corrected chi connectivity index (χ4v) is 11.9. The average Bonchev–Trinajstić information content (AvgIpc) is 3.87. The SMILES string of the molecule is c1ccc(-c2ccc3c(-c4ccc(-c5c6ccccc6c(N6c7ccccc7C7(CCCC7)c7ccccc76)c6ccccc56)cc4)c4ccccc4c(-c4ccccc4)c3c2)cc1. The molecule has 0 unspecified atom stereocenters. The van der Waals surface area contributed by atoms with E-state index in [2.05, 4.69) is 229 Å². The minimum Gasteiger partial charge on any atom is -0.309 e. The van der Waals surface area contributed by atoms with E-state index in [1.165, 1.54) is 141 Å². The number of fused-ring (bicyclic) bond motifs is 8. The molecule has 1 spiro atoms. The van der Waals surface area contributed by atoms with Gasteiger partial charge in [-0.1, -0.05) is 219 Å². The van der Waals surface area contributed by atoms with E-state index in [9.17, 15) is 0 Å². The van der Waals surface area contributed by atoms with Gasteiger partial charge >= 0.3 is 0 Å². The lowest BCUT2D eigenvalue weighted by atomic mass is 9.69. The van der Waals surface area contributed by atoms with Crippen LogP contribution in [0.2, 0.25) is 0 Å². The predicted octanol–water partition coefficient (Wildman–Crippen LogP) is 17.6. The van der Waals surface area contributed by atoms with Crippen LogP contribution < -0.4 is 4.90 Å². The van der Waals surface area contributed by atoms with E-state index in [0.29, 0.717) is 0 Å². The number of nitrogens with zero attached hydrogens (tertiary/aromatic N) is 1. The molecule has 0 bridgehead atoms. The molecule has 13 rings (SSSR count). The van der Waals surface area contributed by atoms with Crippen LogP contribution in [0.3, 0.4) is 0 Å². The third-order valence-electron chi connectivity index (χ3n) is 14.6. The van der Waals surface area contributed by atoms with Crippen molar-refractivity contribution in [1.82, 2.24) is 0 Å². The fraction of sp³-hybridized carbons (Fsp3) is 0.0794. The zero-order valence-corrected chi connectivity index (χ0v) is 35.6. The van der Waals surface area contributed by atoms with E-state index in [1.807, 2.05) is 0 Å². The van der Waals surface area contributed by atoms with Gasteiger partial charge in [-0.25, -0.2) is 0 Å². The molecule has 1 aliphatic heterocycles. The molecule has 0 amide bonds. The molecule has 2 aliphatic rings. The van der Waals surface area contributed by atoms with Crippen molar-refractivity contribution in [1.29, 1.82) is 0 Å². The van der Waals surface area contributed by atoms with Crippen molar-refractivity contribution < 1.29 is 0 Å². The first-order chi connectivity index (χ1) is 31.8. The number of hydrogen-bond donors (Lipinski definition) is 0. The third kappa shape index (κ3) is 5.50. The molecule has 1 aliphatic carbocycles. The quantitative estimate of drug-likeness (QED) is 0.156. The van der Waals surface area contributed by atoms with Gasteiger partial charge < -0.3 is 4.90 Å². The maximum absolute atomic E-state index is 2.60. The Kier molecular flexibility index (Phi) is 8.46. The molecule has 1 saturated carbocycles. The van der Waals surface area contributed by atoms with Crippen LogP contribution >= 0.6 is 0 Å². The number of para-hydroxylation sites is 2. The highest BCUT2D eigenvalue weighted by Crippen LogP contribution is 2.60. The largest absolute Gasteiger partial charge is 0.309 e. The van der Waals surface area contributed by atoms with E-state index in [1.54, 1.807) is 0 Å². The van der Waals surface area contributed by atoms with Gasteiger partial charge in [-0.05, 0) is 119 Å². The van der Waals surface area contributed by atoms with Gasteiger partial charge in [0.1, 0.15) is 0 Å². The molecule has 0 atom stereocenters. The molecular formula is C63H45N. The minimum atomic E-state index is 0.0552. The van der Waals surface area contributed by atoms with Crippen LogP contribution in [0, 0.1) is 0 Å². The Balaban J connectivity index is 1.02. The maximum Gasteiger partial charge on any atom is 0.0619 e. The average molecular weight is 816 g/mol. The number of benzene rings is 11. The fourth-order valence-electron chi connectivity index (χ4n) is 11.9. The lowest BCUT2D eigenvalue weighted by molar-refractivity contribution is 0.530. The summed E-state index contributed by atoms with van der Waals surface area (Å²) < 4.78 is 0. The monoisotopic (exact) mass is 815 g/mol. The topological polar surface area (TPSA) is 3.24 Å². The highest BCUT2D eigenvalue weighted by Gasteiger charge is 2.45. The van der Waals surface area contributed by atoms with Gasteiger partial charge in [-0.3, -0.25) is 0 Å². The van der Waals surface area contributed by atoms with Crippen LogP contribution in [-0.2, 0) is 5.41 Å². The first-order valence-corrected chi connectivity index (χ1v) is 22.9. The predicted molar refractivity (Wildman–Crippen MR) is 272 cm³/mol. The normalized spacial score (nSPS) is 14.1. The molecule has 11 aromatic carbocycles. The molecule has 0 aromatic heterocycles. The Hall–Kier alpha value is -7.74. The van der Waals surface area contributed by atoms with Crippen LogP contribution in [-0.4, -0.2) is 0 Å². The number of anilines is 3. The molecule has 302 valence electrons.